The molecule has 172 valence electrons. The van der Waals surface area contributed by atoms with Crippen LogP contribution in [0.4, 0.5) is 8.78 Å². The van der Waals surface area contributed by atoms with Crippen LogP contribution in [0, 0.1) is 11.6 Å². The Hall–Kier alpha value is -4.48. The van der Waals surface area contributed by atoms with Gasteiger partial charge in [-0.15, -0.1) is 0 Å². The van der Waals surface area contributed by atoms with Gasteiger partial charge >= 0.3 is 6.02 Å². The van der Waals surface area contributed by atoms with E-state index in [0.717, 1.165) is 0 Å². The molecule has 0 saturated carbocycles. The van der Waals surface area contributed by atoms with Crippen LogP contribution in [0.2, 0.25) is 0 Å². The minimum atomic E-state index is -0.601. The lowest BCUT2D eigenvalue weighted by Crippen LogP contribution is -2.48. The first-order valence-electron chi connectivity index (χ1n) is 10.1. The summed E-state index contributed by atoms with van der Waals surface area (Å²) in [5, 5.41) is 0. The van der Waals surface area contributed by atoms with E-state index in [9.17, 15) is 8.78 Å². The Balaban J connectivity index is 1.74. The average Bonchev–Trinajstić information content (AvgIpc) is 2.83. The van der Waals surface area contributed by atoms with Gasteiger partial charge in [-0.05, 0) is 31.2 Å². The molecule has 3 aliphatic heterocycles. The van der Waals surface area contributed by atoms with Crippen molar-refractivity contribution in [1.82, 2.24) is 4.90 Å². The summed E-state index contributed by atoms with van der Waals surface area (Å²) < 4.78 is 45.6. The molecule has 0 N–H and O–H groups in total. The number of halogens is 2. The number of ether oxygens (including phenoxy) is 3. The molecule has 0 unspecified atom stereocenters. The van der Waals surface area contributed by atoms with E-state index in [-0.39, 0.29) is 64.8 Å². The lowest BCUT2D eigenvalue weighted by molar-refractivity contribution is 0.321. The molecule has 0 atom stereocenters. The topological polar surface area (TPSA) is 105 Å². The van der Waals surface area contributed by atoms with Crippen LogP contribution >= 0.6 is 0 Å². The highest BCUT2D eigenvalue weighted by atomic mass is 19.1. The lowest BCUT2D eigenvalue weighted by Gasteiger charge is -2.30. The largest absolute Gasteiger partial charge is 0.496 e. The van der Waals surface area contributed by atoms with Crippen molar-refractivity contribution in [3.8, 4) is 11.5 Å². The zero-order valence-corrected chi connectivity index (χ0v) is 18.3. The van der Waals surface area contributed by atoms with Crippen LogP contribution in [0.1, 0.15) is 18.1 Å². The van der Waals surface area contributed by atoms with E-state index in [2.05, 4.69) is 30.0 Å². The predicted molar refractivity (Wildman–Crippen MR) is 122 cm³/mol. The van der Waals surface area contributed by atoms with Crippen LogP contribution in [0.3, 0.4) is 0 Å². The smallest absolute Gasteiger partial charge is 0.323 e. The summed E-state index contributed by atoms with van der Waals surface area (Å²) in [5.74, 6) is -0.709. The van der Waals surface area contributed by atoms with Crippen LogP contribution in [0.15, 0.2) is 66.4 Å². The predicted octanol–water partition coefficient (Wildman–Crippen LogP) is 2.98. The molecule has 0 radical (unpaired) electrons. The van der Waals surface area contributed by atoms with Gasteiger partial charge < -0.3 is 14.2 Å². The highest BCUT2D eigenvalue weighted by Gasteiger charge is 2.37. The molecule has 0 aliphatic carbocycles. The van der Waals surface area contributed by atoms with E-state index in [4.69, 9.17) is 14.2 Å². The van der Waals surface area contributed by atoms with E-state index in [0.29, 0.717) is 0 Å². The number of guanidine groups is 3. The number of amidine groups is 3. The Labute approximate surface area is 192 Å². The number of methoxy groups -OCH3 is 2. The molecule has 0 saturated heterocycles. The fourth-order valence-electron chi connectivity index (χ4n) is 3.47. The number of rotatable bonds is 5. The molecule has 0 bridgehead atoms. The van der Waals surface area contributed by atoms with Crippen molar-refractivity contribution < 1.29 is 23.0 Å². The quantitative estimate of drug-likeness (QED) is 0.677. The van der Waals surface area contributed by atoms with Crippen molar-refractivity contribution in [3.63, 3.8) is 0 Å². The third-order valence-corrected chi connectivity index (χ3v) is 4.93. The molecular weight excluding hydrogens is 448 g/mol. The normalized spacial score (nSPS) is 16.3. The number of aliphatic imine (C=N–C) groups is 6. The second-order valence-electron chi connectivity index (χ2n) is 6.90. The molecule has 0 amide bonds. The van der Waals surface area contributed by atoms with Crippen LogP contribution in [-0.2, 0) is 4.74 Å². The fourth-order valence-corrected chi connectivity index (χ4v) is 3.47. The first-order valence-corrected chi connectivity index (χ1v) is 10.1. The fraction of sp³-hybridized carbons (Fsp3) is 0.182. The summed E-state index contributed by atoms with van der Waals surface area (Å²) in [6.07, 6.45) is 0. The Morgan fingerprint density at radius 3 is 1.71 bits per heavy atom. The molecular formula is C22H17F2N7O3. The average molecular weight is 465 g/mol. The molecule has 3 aliphatic rings. The summed E-state index contributed by atoms with van der Waals surface area (Å²) in [4.78, 5) is 27.5. The molecule has 3 heterocycles. The summed E-state index contributed by atoms with van der Waals surface area (Å²) in [6.45, 7) is 2.05. The maximum atomic E-state index is 14.8. The van der Waals surface area contributed by atoms with Crippen molar-refractivity contribution >= 4 is 35.6 Å². The summed E-state index contributed by atoms with van der Waals surface area (Å²) in [5.41, 5.74) is 0.0363. The molecule has 5 rings (SSSR count). The maximum Gasteiger partial charge on any atom is 0.323 e. The number of hydrogen-bond acceptors (Lipinski definition) is 10. The Kier molecular flexibility index (Phi) is 5.32. The van der Waals surface area contributed by atoms with Gasteiger partial charge in [0.1, 0.15) is 23.1 Å². The van der Waals surface area contributed by atoms with E-state index in [1.807, 2.05) is 0 Å². The minimum Gasteiger partial charge on any atom is -0.496 e. The van der Waals surface area contributed by atoms with Gasteiger partial charge in [-0.2, -0.15) is 30.0 Å². The number of benzene rings is 2. The number of nitrogens with zero attached hydrogens (tertiary/aromatic N) is 7. The van der Waals surface area contributed by atoms with Crippen LogP contribution < -0.4 is 9.47 Å². The van der Waals surface area contributed by atoms with Crippen molar-refractivity contribution in [2.24, 2.45) is 30.0 Å². The monoisotopic (exact) mass is 465 g/mol. The highest BCUT2D eigenvalue weighted by Crippen LogP contribution is 2.29. The SMILES string of the molecule is CCOC1=NC2=NC(c3c(F)cccc3OC)=NC3=NC(c4c(F)cccc4OC)=NC(=N1)N23. The zero-order valence-electron chi connectivity index (χ0n) is 18.3. The van der Waals surface area contributed by atoms with Crippen molar-refractivity contribution in [2.45, 2.75) is 6.92 Å². The molecule has 34 heavy (non-hydrogen) atoms. The van der Waals surface area contributed by atoms with Crippen LogP contribution in [0.25, 0.3) is 0 Å². The van der Waals surface area contributed by atoms with Crippen molar-refractivity contribution in [1.29, 1.82) is 0 Å². The first kappa shape index (κ1) is 21.4. The summed E-state index contributed by atoms with van der Waals surface area (Å²) in [7, 11) is 2.82. The van der Waals surface area contributed by atoms with Crippen molar-refractivity contribution in [3.05, 3.63) is 59.2 Å². The number of hydrogen-bond donors (Lipinski definition) is 0. The molecule has 0 spiro atoms. The van der Waals surface area contributed by atoms with Gasteiger partial charge in [-0.1, -0.05) is 12.1 Å². The Morgan fingerprint density at radius 2 is 1.21 bits per heavy atom. The van der Waals surface area contributed by atoms with E-state index >= 15 is 0 Å². The zero-order chi connectivity index (χ0) is 23.8. The molecule has 2 aromatic carbocycles. The minimum absolute atomic E-state index is 0.0126. The van der Waals surface area contributed by atoms with Gasteiger partial charge in [0, 0.05) is 0 Å². The molecule has 2 aromatic rings. The Bertz CT molecular complexity index is 1330. The second-order valence-corrected chi connectivity index (χ2v) is 6.90. The third-order valence-electron chi connectivity index (χ3n) is 4.93. The van der Waals surface area contributed by atoms with E-state index in [1.165, 1.54) is 43.4 Å². The molecule has 0 aromatic heterocycles. The van der Waals surface area contributed by atoms with Gasteiger partial charge in [0.15, 0.2) is 11.7 Å². The molecule has 10 nitrogen and oxygen atoms in total. The second kappa shape index (κ2) is 8.46. The summed E-state index contributed by atoms with van der Waals surface area (Å²) >= 11 is 0. The van der Waals surface area contributed by atoms with E-state index < -0.39 is 11.6 Å². The molecule has 0 fully saturated rings. The van der Waals surface area contributed by atoms with E-state index in [1.54, 1.807) is 19.1 Å². The van der Waals surface area contributed by atoms with Gasteiger partial charge in [0.05, 0.1) is 32.0 Å². The summed E-state index contributed by atoms with van der Waals surface area (Å²) in [6, 6.07) is 8.67. The Morgan fingerprint density at radius 1 is 0.706 bits per heavy atom. The van der Waals surface area contributed by atoms with Gasteiger partial charge in [0.25, 0.3) is 0 Å². The molecule has 12 heteroatoms. The highest BCUT2D eigenvalue weighted by molar-refractivity contribution is 6.33. The van der Waals surface area contributed by atoms with Crippen LogP contribution in [0.5, 0.6) is 11.5 Å². The lowest BCUT2D eigenvalue weighted by atomic mass is 10.1. The third kappa shape index (κ3) is 3.49. The van der Waals surface area contributed by atoms with Gasteiger partial charge in [-0.3, -0.25) is 0 Å². The maximum absolute atomic E-state index is 14.8. The van der Waals surface area contributed by atoms with Gasteiger partial charge in [0.2, 0.25) is 17.9 Å². The van der Waals surface area contributed by atoms with Crippen LogP contribution in [-0.4, -0.2) is 61.3 Å². The van der Waals surface area contributed by atoms with Gasteiger partial charge in [-0.25, -0.2) is 13.7 Å². The standard InChI is InChI=1S/C22H17F2N7O3/c1-4-34-22-29-20-27-17(15-11(23)7-5-9-13(15)32-2)25-19-26-18(28-21(30-22)31(19)20)16-12(24)8-6-10-14(16)33-3/h5-10H,4H2,1-3H3. The first-order chi connectivity index (χ1) is 16.5. The van der Waals surface area contributed by atoms with Crippen molar-refractivity contribution in [2.75, 3.05) is 20.8 Å².